The van der Waals surface area contributed by atoms with E-state index >= 15 is 0 Å². The number of carbonyl (C=O) groups excluding carboxylic acids is 1. The molecule has 162 valence electrons. The summed E-state index contributed by atoms with van der Waals surface area (Å²) in [7, 11) is -1.74. The minimum absolute atomic E-state index is 0.0287. The molecule has 30 heavy (non-hydrogen) atoms. The molecule has 7 heteroatoms. The third-order valence-electron chi connectivity index (χ3n) is 5.59. The highest BCUT2D eigenvalue weighted by Gasteiger charge is 2.26. The van der Waals surface area contributed by atoms with Crippen LogP contribution in [0.4, 0.5) is 0 Å². The lowest BCUT2D eigenvalue weighted by Gasteiger charge is -2.28. The minimum atomic E-state index is -3.37. The number of hydrogen-bond donors (Lipinski definition) is 1. The molecule has 0 saturated carbocycles. The highest BCUT2D eigenvalue weighted by Crippen LogP contribution is 2.25. The molecule has 3 rings (SSSR count). The fourth-order valence-electron chi connectivity index (χ4n) is 3.84. The van der Waals surface area contributed by atoms with Crippen molar-refractivity contribution in [1.29, 1.82) is 0 Å². The predicted octanol–water partition coefficient (Wildman–Crippen LogP) is 3.08. The van der Waals surface area contributed by atoms with Crippen molar-refractivity contribution in [2.24, 2.45) is 0 Å². The largest absolute Gasteiger partial charge is 0.497 e. The first-order chi connectivity index (χ1) is 14.4. The van der Waals surface area contributed by atoms with Gasteiger partial charge >= 0.3 is 0 Å². The summed E-state index contributed by atoms with van der Waals surface area (Å²) in [6.45, 7) is 3.19. The minimum Gasteiger partial charge on any atom is -0.497 e. The molecule has 1 heterocycles. The molecule has 1 unspecified atom stereocenters. The molecule has 0 fully saturated rings. The maximum absolute atomic E-state index is 12.8. The number of nitrogens with one attached hydrogen (secondary N) is 1. The van der Waals surface area contributed by atoms with E-state index in [-0.39, 0.29) is 17.6 Å². The molecule has 0 radical (unpaired) electrons. The maximum Gasteiger partial charge on any atom is 0.227 e. The van der Waals surface area contributed by atoms with Gasteiger partial charge in [0, 0.05) is 19.6 Å². The Morgan fingerprint density at radius 2 is 1.93 bits per heavy atom. The number of ether oxygens (including phenoxy) is 1. The first kappa shape index (κ1) is 22.3. The summed E-state index contributed by atoms with van der Waals surface area (Å²) in [4.78, 5) is 12.5. The first-order valence-electron chi connectivity index (χ1n) is 10.4. The lowest BCUT2D eigenvalue weighted by Crippen LogP contribution is -2.38. The molecule has 0 aromatic heterocycles. The fourth-order valence-corrected chi connectivity index (χ4v) is 5.32. The zero-order valence-electron chi connectivity index (χ0n) is 17.6. The molecule has 0 spiro atoms. The normalized spacial score (nSPS) is 15.3. The number of methoxy groups -OCH3 is 1. The van der Waals surface area contributed by atoms with E-state index in [4.69, 9.17) is 4.74 Å². The second-order valence-electron chi connectivity index (χ2n) is 7.55. The van der Waals surface area contributed by atoms with E-state index in [1.165, 1.54) is 0 Å². The van der Waals surface area contributed by atoms with Crippen LogP contribution >= 0.6 is 0 Å². The zero-order valence-corrected chi connectivity index (χ0v) is 18.5. The Morgan fingerprint density at radius 1 is 1.17 bits per heavy atom. The summed E-state index contributed by atoms with van der Waals surface area (Å²) in [6.07, 6.45) is 1.77. The molecule has 2 aromatic rings. The van der Waals surface area contributed by atoms with E-state index in [9.17, 15) is 13.2 Å². The van der Waals surface area contributed by atoms with E-state index in [0.29, 0.717) is 38.9 Å². The highest BCUT2D eigenvalue weighted by atomic mass is 32.2. The Hall–Kier alpha value is -2.38. The molecule has 1 aliphatic heterocycles. The number of hydrogen-bond acceptors (Lipinski definition) is 4. The summed E-state index contributed by atoms with van der Waals surface area (Å²) in [5.41, 5.74) is 3.14. The fraction of sp³-hybridized carbons (Fsp3) is 0.435. The maximum atomic E-state index is 12.8. The van der Waals surface area contributed by atoms with Gasteiger partial charge in [0.1, 0.15) is 5.75 Å². The molecule has 1 amide bonds. The van der Waals surface area contributed by atoms with E-state index in [2.05, 4.69) is 5.32 Å². The van der Waals surface area contributed by atoms with Gasteiger partial charge in [-0.15, -0.1) is 0 Å². The van der Waals surface area contributed by atoms with E-state index in [1.807, 2.05) is 55.5 Å². The molecular formula is C23H30N2O4S. The van der Waals surface area contributed by atoms with Crippen LogP contribution in [0.5, 0.6) is 5.75 Å². The molecule has 2 aromatic carbocycles. The second kappa shape index (κ2) is 10.1. The van der Waals surface area contributed by atoms with Crippen molar-refractivity contribution in [3.63, 3.8) is 0 Å². The third kappa shape index (κ3) is 5.40. The van der Waals surface area contributed by atoms with Crippen LogP contribution in [-0.4, -0.2) is 44.6 Å². The quantitative estimate of drug-likeness (QED) is 0.621. The first-order valence-corrected chi connectivity index (χ1v) is 12.0. The Labute approximate surface area is 179 Å². The molecule has 0 bridgehead atoms. The van der Waals surface area contributed by atoms with E-state index < -0.39 is 10.0 Å². The van der Waals surface area contributed by atoms with Crippen molar-refractivity contribution in [2.45, 2.75) is 38.6 Å². The lowest BCUT2D eigenvalue weighted by molar-refractivity contribution is -0.122. The van der Waals surface area contributed by atoms with Gasteiger partial charge in [-0.3, -0.25) is 4.79 Å². The number of sulfonamides is 1. The molecule has 6 nitrogen and oxygen atoms in total. The Morgan fingerprint density at radius 3 is 2.63 bits per heavy atom. The summed E-state index contributed by atoms with van der Waals surface area (Å²) in [5.74, 6) is 0.558. The van der Waals surface area contributed by atoms with Crippen LogP contribution in [0.25, 0.3) is 0 Å². The monoisotopic (exact) mass is 430 g/mol. The van der Waals surface area contributed by atoms with Crippen LogP contribution < -0.4 is 10.1 Å². The standard InChI is InChI=1S/C23H30N2O4S/c1-3-22(18-8-5-4-6-9-18)23(26)24-13-7-15-30(27,28)25-14-12-19-16-21(29-2)11-10-20(19)17-25/h4-6,8-11,16,22H,3,7,12-15,17H2,1-2H3,(H,24,26). The molecule has 0 aliphatic carbocycles. The van der Waals surface area contributed by atoms with Gasteiger partial charge in [0.05, 0.1) is 18.8 Å². The van der Waals surface area contributed by atoms with Crippen LogP contribution in [0, 0.1) is 0 Å². The summed E-state index contributed by atoms with van der Waals surface area (Å²) in [5, 5.41) is 2.90. The van der Waals surface area contributed by atoms with Crippen LogP contribution in [0.1, 0.15) is 42.4 Å². The summed E-state index contributed by atoms with van der Waals surface area (Å²) < 4.78 is 32.3. The van der Waals surface area contributed by atoms with Crippen molar-refractivity contribution >= 4 is 15.9 Å². The number of benzene rings is 2. The summed E-state index contributed by atoms with van der Waals surface area (Å²) >= 11 is 0. The van der Waals surface area contributed by atoms with Crippen molar-refractivity contribution in [3.05, 3.63) is 65.2 Å². The molecule has 0 saturated heterocycles. The van der Waals surface area contributed by atoms with Gasteiger partial charge in [0.15, 0.2) is 0 Å². The van der Waals surface area contributed by atoms with Crippen LogP contribution in [0.15, 0.2) is 48.5 Å². The topological polar surface area (TPSA) is 75.7 Å². The number of rotatable bonds is 9. The molecular weight excluding hydrogens is 400 g/mol. The molecule has 1 atom stereocenters. The summed E-state index contributed by atoms with van der Waals surface area (Å²) in [6, 6.07) is 15.4. The van der Waals surface area contributed by atoms with Crippen molar-refractivity contribution in [2.75, 3.05) is 26.0 Å². The third-order valence-corrected chi connectivity index (χ3v) is 7.49. The smallest absolute Gasteiger partial charge is 0.227 e. The van der Waals surface area contributed by atoms with Gasteiger partial charge < -0.3 is 10.1 Å². The highest BCUT2D eigenvalue weighted by molar-refractivity contribution is 7.89. The number of nitrogens with zero attached hydrogens (tertiary/aromatic N) is 1. The van der Waals surface area contributed by atoms with Gasteiger partial charge in [-0.1, -0.05) is 43.3 Å². The Kier molecular flexibility index (Phi) is 7.50. The van der Waals surface area contributed by atoms with Crippen molar-refractivity contribution in [3.8, 4) is 5.75 Å². The van der Waals surface area contributed by atoms with Gasteiger partial charge in [-0.25, -0.2) is 8.42 Å². The number of amides is 1. The SMILES string of the molecule is CCC(C(=O)NCCCS(=O)(=O)N1CCc2cc(OC)ccc2C1)c1ccccc1. The average molecular weight is 431 g/mol. The van der Waals surface area contributed by atoms with Crippen LogP contribution in [-0.2, 0) is 27.8 Å². The number of carbonyl (C=O) groups is 1. The zero-order chi connectivity index (χ0) is 21.6. The number of fused-ring (bicyclic) bond motifs is 1. The van der Waals surface area contributed by atoms with Crippen molar-refractivity contribution in [1.82, 2.24) is 9.62 Å². The molecule has 1 N–H and O–H groups in total. The van der Waals surface area contributed by atoms with Crippen molar-refractivity contribution < 1.29 is 17.9 Å². The van der Waals surface area contributed by atoms with Crippen LogP contribution in [0.3, 0.4) is 0 Å². The van der Waals surface area contributed by atoms with Gasteiger partial charge in [-0.05, 0) is 48.1 Å². The van der Waals surface area contributed by atoms with E-state index in [1.54, 1.807) is 11.4 Å². The second-order valence-corrected chi connectivity index (χ2v) is 9.64. The van der Waals surface area contributed by atoms with E-state index in [0.717, 1.165) is 22.4 Å². The lowest BCUT2D eigenvalue weighted by atomic mass is 9.96. The predicted molar refractivity (Wildman–Crippen MR) is 118 cm³/mol. The Balaban J connectivity index is 1.50. The average Bonchev–Trinajstić information content (AvgIpc) is 2.77. The Bertz CT molecular complexity index is 960. The molecule has 1 aliphatic rings. The van der Waals surface area contributed by atoms with Gasteiger partial charge in [-0.2, -0.15) is 4.31 Å². The van der Waals surface area contributed by atoms with Gasteiger partial charge in [0.2, 0.25) is 15.9 Å². The van der Waals surface area contributed by atoms with Crippen LogP contribution in [0.2, 0.25) is 0 Å². The van der Waals surface area contributed by atoms with Gasteiger partial charge in [0.25, 0.3) is 0 Å².